The maximum absolute atomic E-state index is 11.7. The Morgan fingerprint density at radius 2 is 1.81 bits per heavy atom. The number of carbonyl (C=O) groups excluding carboxylic acids is 1. The lowest BCUT2D eigenvalue weighted by atomic mass is 10.1. The molecule has 5 nitrogen and oxygen atoms in total. The number of carbonyl (C=O) groups is 1. The molecule has 0 spiro atoms. The number of rotatable bonds is 7. The van der Waals surface area contributed by atoms with Crippen molar-refractivity contribution in [3.8, 4) is 0 Å². The molecular formula is C20H27IN4OS. The van der Waals surface area contributed by atoms with E-state index in [4.69, 9.17) is 0 Å². The van der Waals surface area contributed by atoms with Crippen LogP contribution in [0, 0.1) is 0 Å². The Hall–Kier alpha value is -1.74. The first kappa shape index (κ1) is 23.3. The van der Waals surface area contributed by atoms with Crippen LogP contribution < -0.4 is 16.0 Å². The van der Waals surface area contributed by atoms with Crippen molar-refractivity contribution in [2.75, 3.05) is 26.9 Å². The average molecular weight is 498 g/mol. The van der Waals surface area contributed by atoms with E-state index in [2.05, 4.69) is 51.5 Å². The Bertz CT molecular complexity index is 750. The summed E-state index contributed by atoms with van der Waals surface area (Å²) in [5, 5.41) is 9.27. The van der Waals surface area contributed by atoms with E-state index in [1.807, 2.05) is 24.3 Å². The summed E-state index contributed by atoms with van der Waals surface area (Å²) in [6, 6.07) is 16.2. The van der Waals surface area contributed by atoms with Crippen LogP contribution in [0.15, 0.2) is 58.4 Å². The zero-order chi connectivity index (χ0) is 18.8. The lowest BCUT2D eigenvalue weighted by Gasteiger charge is -2.12. The van der Waals surface area contributed by atoms with E-state index in [-0.39, 0.29) is 29.9 Å². The summed E-state index contributed by atoms with van der Waals surface area (Å²) in [4.78, 5) is 17.2. The number of amides is 1. The molecule has 0 saturated heterocycles. The molecule has 1 amide bonds. The zero-order valence-electron chi connectivity index (χ0n) is 15.9. The van der Waals surface area contributed by atoms with Gasteiger partial charge in [0.2, 0.25) is 0 Å². The molecule has 0 radical (unpaired) electrons. The summed E-state index contributed by atoms with van der Waals surface area (Å²) in [6.45, 7) is 1.46. The number of hydrogen-bond acceptors (Lipinski definition) is 3. The van der Waals surface area contributed by atoms with Crippen LogP contribution in [0.2, 0.25) is 0 Å². The highest BCUT2D eigenvalue weighted by Gasteiger charge is 2.04. The second kappa shape index (κ2) is 12.6. The van der Waals surface area contributed by atoms with Gasteiger partial charge >= 0.3 is 0 Å². The predicted molar refractivity (Wildman–Crippen MR) is 125 cm³/mol. The van der Waals surface area contributed by atoms with Gasteiger partial charge in [-0.1, -0.05) is 24.3 Å². The van der Waals surface area contributed by atoms with Gasteiger partial charge in [-0.2, -0.15) is 0 Å². The van der Waals surface area contributed by atoms with Gasteiger partial charge in [-0.3, -0.25) is 9.79 Å². The summed E-state index contributed by atoms with van der Waals surface area (Å²) in [5.74, 6) is 0.700. The number of aliphatic imine (C=N–C) groups is 1. The average Bonchev–Trinajstić information content (AvgIpc) is 2.70. The number of guanidine groups is 1. The maximum Gasteiger partial charge on any atom is 0.251 e. The van der Waals surface area contributed by atoms with Gasteiger partial charge in [0, 0.05) is 37.6 Å². The van der Waals surface area contributed by atoms with E-state index < -0.39 is 0 Å². The number of thioether (sulfide) groups is 1. The van der Waals surface area contributed by atoms with Gasteiger partial charge in [-0.15, -0.1) is 35.7 Å². The van der Waals surface area contributed by atoms with Crippen LogP contribution >= 0.6 is 35.7 Å². The summed E-state index contributed by atoms with van der Waals surface area (Å²) >= 11 is 1.74. The fourth-order valence-electron chi connectivity index (χ4n) is 2.49. The highest BCUT2D eigenvalue weighted by atomic mass is 127. The molecule has 0 aliphatic rings. The van der Waals surface area contributed by atoms with Crippen molar-refractivity contribution < 1.29 is 4.79 Å². The first-order valence-electron chi connectivity index (χ1n) is 8.54. The fourth-order valence-corrected chi connectivity index (χ4v) is 2.90. The van der Waals surface area contributed by atoms with Crippen LogP contribution in [0.4, 0.5) is 0 Å². The predicted octanol–water partition coefficient (Wildman–Crippen LogP) is 3.29. The first-order chi connectivity index (χ1) is 12.7. The number of nitrogens with one attached hydrogen (secondary N) is 3. The van der Waals surface area contributed by atoms with Gasteiger partial charge in [-0.05, 0) is 48.1 Å². The number of benzene rings is 2. The number of hydrogen-bond donors (Lipinski definition) is 3. The molecular weight excluding hydrogens is 471 g/mol. The third-order valence-electron chi connectivity index (χ3n) is 3.96. The van der Waals surface area contributed by atoms with Crippen LogP contribution in [-0.4, -0.2) is 38.8 Å². The standard InChI is InChI=1S/C20H26N4OS.HI/c1-21-19(25)17-6-4-5-15(13-17)11-12-23-20(22-2)24-14-16-7-9-18(26-3)10-8-16;/h4-10,13H,11-12,14H2,1-3H3,(H,21,25)(H2,22,23,24);1H. The van der Waals surface area contributed by atoms with Crippen LogP contribution in [0.3, 0.4) is 0 Å². The Kier molecular flexibility index (Phi) is 10.9. The van der Waals surface area contributed by atoms with Crippen molar-refractivity contribution in [2.45, 2.75) is 17.9 Å². The summed E-state index contributed by atoms with van der Waals surface area (Å²) in [7, 11) is 3.40. The molecule has 0 heterocycles. The molecule has 146 valence electrons. The minimum Gasteiger partial charge on any atom is -0.356 e. The maximum atomic E-state index is 11.7. The Balaban J connectivity index is 0.00000364. The molecule has 0 aliphatic heterocycles. The van der Waals surface area contributed by atoms with Crippen LogP contribution in [0.25, 0.3) is 0 Å². The topological polar surface area (TPSA) is 65.5 Å². The van der Waals surface area contributed by atoms with E-state index in [9.17, 15) is 4.79 Å². The van der Waals surface area contributed by atoms with E-state index in [1.165, 1.54) is 10.5 Å². The minimum absolute atomic E-state index is 0. The molecule has 0 fully saturated rings. The van der Waals surface area contributed by atoms with Crippen molar-refractivity contribution in [1.29, 1.82) is 0 Å². The molecule has 0 saturated carbocycles. The van der Waals surface area contributed by atoms with Crippen molar-refractivity contribution in [3.05, 3.63) is 65.2 Å². The molecule has 2 aromatic rings. The van der Waals surface area contributed by atoms with Gasteiger partial charge in [0.1, 0.15) is 0 Å². The molecule has 0 atom stereocenters. The monoisotopic (exact) mass is 498 g/mol. The zero-order valence-corrected chi connectivity index (χ0v) is 19.1. The van der Waals surface area contributed by atoms with E-state index >= 15 is 0 Å². The lowest BCUT2D eigenvalue weighted by Crippen LogP contribution is -2.37. The van der Waals surface area contributed by atoms with E-state index in [0.29, 0.717) is 5.56 Å². The highest BCUT2D eigenvalue weighted by Crippen LogP contribution is 2.14. The third kappa shape index (κ3) is 7.80. The fraction of sp³-hybridized carbons (Fsp3) is 0.300. The van der Waals surface area contributed by atoms with E-state index in [0.717, 1.165) is 31.0 Å². The second-order valence-corrected chi connectivity index (χ2v) is 6.61. The van der Waals surface area contributed by atoms with Crippen molar-refractivity contribution in [3.63, 3.8) is 0 Å². The molecule has 27 heavy (non-hydrogen) atoms. The Labute approximate surface area is 182 Å². The SMILES string of the molecule is CN=C(NCCc1cccc(C(=O)NC)c1)NCc1ccc(SC)cc1.I. The molecule has 2 aromatic carbocycles. The van der Waals surface area contributed by atoms with Gasteiger partial charge in [0.15, 0.2) is 5.96 Å². The van der Waals surface area contributed by atoms with Crippen LogP contribution in [0.5, 0.6) is 0 Å². The largest absolute Gasteiger partial charge is 0.356 e. The molecule has 0 aromatic heterocycles. The summed E-state index contributed by atoms with van der Waals surface area (Å²) < 4.78 is 0. The van der Waals surface area contributed by atoms with Crippen molar-refractivity contribution >= 4 is 47.6 Å². The number of halogens is 1. The normalized spacial score (nSPS) is 10.7. The molecule has 3 N–H and O–H groups in total. The van der Waals surface area contributed by atoms with Gasteiger partial charge in [-0.25, -0.2) is 0 Å². The van der Waals surface area contributed by atoms with Gasteiger partial charge in [0.25, 0.3) is 5.91 Å². The van der Waals surface area contributed by atoms with Crippen molar-refractivity contribution in [2.24, 2.45) is 4.99 Å². The highest BCUT2D eigenvalue weighted by molar-refractivity contribution is 14.0. The Morgan fingerprint density at radius 3 is 2.44 bits per heavy atom. The second-order valence-electron chi connectivity index (χ2n) is 5.73. The summed E-state index contributed by atoms with van der Waals surface area (Å²) in [5.41, 5.74) is 3.01. The van der Waals surface area contributed by atoms with Crippen LogP contribution in [0.1, 0.15) is 21.5 Å². The first-order valence-corrected chi connectivity index (χ1v) is 9.77. The molecule has 7 heteroatoms. The summed E-state index contributed by atoms with van der Waals surface area (Å²) in [6.07, 6.45) is 2.89. The third-order valence-corrected chi connectivity index (χ3v) is 4.71. The molecule has 0 unspecified atom stereocenters. The smallest absolute Gasteiger partial charge is 0.251 e. The Morgan fingerprint density at radius 1 is 1.07 bits per heavy atom. The quantitative estimate of drug-likeness (QED) is 0.237. The molecule has 0 bridgehead atoms. The van der Waals surface area contributed by atoms with E-state index in [1.54, 1.807) is 25.9 Å². The molecule has 0 aliphatic carbocycles. The lowest BCUT2D eigenvalue weighted by molar-refractivity contribution is 0.0963. The number of nitrogens with zero attached hydrogens (tertiary/aromatic N) is 1. The minimum atomic E-state index is -0.0650. The molecule has 2 rings (SSSR count). The van der Waals surface area contributed by atoms with Crippen LogP contribution in [-0.2, 0) is 13.0 Å². The van der Waals surface area contributed by atoms with Gasteiger partial charge in [0.05, 0.1) is 0 Å². The van der Waals surface area contributed by atoms with Crippen molar-refractivity contribution in [1.82, 2.24) is 16.0 Å². The van der Waals surface area contributed by atoms with Gasteiger partial charge < -0.3 is 16.0 Å².